The lowest BCUT2D eigenvalue weighted by molar-refractivity contribution is 0.136. The second kappa shape index (κ2) is 3.73. The molecule has 3 heteroatoms. The van der Waals surface area contributed by atoms with Gasteiger partial charge < -0.3 is 15.7 Å². The number of rotatable bonds is 5. The lowest BCUT2D eigenvalue weighted by Gasteiger charge is -2.31. The fourth-order valence-electron chi connectivity index (χ4n) is 1.58. The summed E-state index contributed by atoms with van der Waals surface area (Å²) in [7, 11) is 2.04. The Morgan fingerprint density at radius 1 is 1.58 bits per heavy atom. The molecule has 0 aliphatic heterocycles. The normalized spacial score (nSPS) is 22.8. The molecule has 1 fully saturated rings. The van der Waals surface area contributed by atoms with Crippen molar-refractivity contribution >= 4 is 0 Å². The van der Waals surface area contributed by atoms with Crippen molar-refractivity contribution in [2.45, 2.75) is 25.3 Å². The van der Waals surface area contributed by atoms with Crippen molar-refractivity contribution in [3.05, 3.63) is 0 Å². The molecule has 3 nitrogen and oxygen atoms in total. The third kappa shape index (κ3) is 2.19. The van der Waals surface area contributed by atoms with Crippen LogP contribution in [0.5, 0.6) is 0 Å². The quantitative estimate of drug-likeness (QED) is 0.615. The first-order valence-corrected chi connectivity index (χ1v) is 4.70. The van der Waals surface area contributed by atoms with E-state index in [2.05, 4.69) is 11.8 Å². The Kier molecular flexibility index (Phi) is 3.09. The molecule has 0 aromatic heterocycles. The number of nitrogens with two attached hydrogens (primary N) is 1. The largest absolute Gasteiger partial charge is 0.394 e. The SMILES string of the molecule is CCN(C)CC(N)(CO)C1CC1. The summed E-state index contributed by atoms with van der Waals surface area (Å²) in [6, 6.07) is 0. The van der Waals surface area contributed by atoms with Crippen molar-refractivity contribution < 1.29 is 5.11 Å². The van der Waals surface area contributed by atoms with Crippen molar-refractivity contribution in [1.82, 2.24) is 4.90 Å². The summed E-state index contributed by atoms with van der Waals surface area (Å²) in [5.74, 6) is 0.552. The van der Waals surface area contributed by atoms with Gasteiger partial charge in [0.1, 0.15) is 0 Å². The van der Waals surface area contributed by atoms with Gasteiger partial charge in [-0.3, -0.25) is 0 Å². The zero-order valence-corrected chi connectivity index (χ0v) is 8.08. The van der Waals surface area contributed by atoms with Gasteiger partial charge in [-0.15, -0.1) is 0 Å². The molecule has 1 saturated carbocycles. The molecule has 1 atom stereocenters. The van der Waals surface area contributed by atoms with E-state index in [-0.39, 0.29) is 12.1 Å². The van der Waals surface area contributed by atoms with Crippen LogP contribution in [0.2, 0.25) is 0 Å². The van der Waals surface area contributed by atoms with E-state index in [1.54, 1.807) is 0 Å². The third-order valence-corrected chi connectivity index (χ3v) is 2.79. The molecule has 0 aromatic rings. The molecule has 0 radical (unpaired) electrons. The van der Waals surface area contributed by atoms with Crippen molar-refractivity contribution in [3.63, 3.8) is 0 Å². The van der Waals surface area contributed by atoms with E-state index in [4.69, 9.17) is 5.73 Å². The van der Waals surface area contributed by atoms with Crippen LogP contribution in [0.4, 0.5) is 0 Å². The highest BCUT2D eigenvalue weighted by Crippen LogP contribution is 2.38. The summed E-state index contributed by atoms with van der Waals surface area (Å²) in [4.78, 5) is 2.16. The maximum Gasteiger partial charge on any atom is 0.0626 e. The summed E-state index contributed by atoms with van der Waals surface area (Å²) in [6.07, 6.45) is 2.38. The summed E-state index contributed by atoms with van der Waals surface area (Å²) in [6.45, 7) is 4.02. The second-order valence-corrected chi connectivity index (χ2v) is 4.00. The molecule has 1 unspecified atom stereocenters. The van der Waals surface area contributed by atoms with Crippen LogP contribution in [0.3, 0.4) is 0 Å². The Balaban J connectivity index is 2.42. The van der Waals surface area contributed by atoms with Crippen LogP contribution >= 0.6 is 0 Å². The summed E-state index contributed by atoms with van der Waals surface area (Å²) in [5, 5.41) is 9.19. The molecule has 0 aromatic carbocycles. The van der Waals surface area contributed by atoms with E-state index in [0.717, 1.165) is 13.1 Å². The number of hydrogen-bond donors (Lipinski definition) is 2. The van der Waals surface area contributed by atoms with Gasteiger partial charge in [0.05, 0.1) is 12.1 Å². The van der Waals surface area contributed by atoms with Crippen molar-refractivity contribution in [2.75, 3.05) is 26.7 Å². The fraction of sp³-hybridized carbons (Fsp3) is 1.00. The molecule has 0 amide bonds. The zero-order valence-electron chi connectivity index (χ0n) is 8.08. The van der Waals surface area contributed by atoms with Gasteiger partial charge in [0.2, 0.25) is 0 Å². The van der Waals surface area contributed by atoms with Crippen molar-refractivity contribution in [2.24, 2.45) is 11.7 Å². The van der Waals surface area contributed by atoms with E-state index >= 15 is 0 Å². The molecule has 0 bridgehead atoms. The van der Waals surface area contributed by atoms with Crippen molar-refractivity contribution in [3.8, 4) is 0 Å². The van der Waals surface area contributed by atoms with Gasteiger partial charge >= 0.3 is 0 Å². The average Bonchev–Trinajstić information content (AvgIpc) is 2.86. The van der Waals surface area contributed by atoms with Crippen LogP contribution in [0.1, 0.15) is 19.8 Å². The number of hydrogen-bond acceptors (Lipinski definition) is 3. The van der Waals surface area contributed by atoms with Gasteiger partial charge in [-0.2, -0.15) is 0 Å². The van der Waals surface area contributed by atoms with Crippen LogP contribution in [-0.4, -0.2) is 42.3 Å². The summed E-state index contributed by atoms with van der Waals surface area (Å²) in [5.41, 5.74) is 5.74. The Bertz CT molecular complexity index is 147. The van der Waals surface area contributed by atoms with Gasteiger partial charge in [0.25, 0.3) is 0 Å². The van der Waals surface area contributed by atoms with Crippen LogP contribution in [0.15, 0.2) is 0 Å². The molecule has 1 aliphatic rings. The molecular weight excluding hydrogens is 152 g/mol. The highest BCUT2D eigenvalue weighted by Gasteiger charge is 2.42. The summed E-state index contributed by atoms with van der Waals surface area (Å²) >= 11 is 0. The maximum atomic E-state index is 9.19. The standard InChI is InChI=1S/C9H20N2O/c1-3-11(2)6-9(10,7-12)8-4-5-8/h8,12H,3-7,10H2,1-2H3. The van der Waals surface area contributed by atoms with Gasteiger partial charge in [-0.25, -0.2) is 0 Å². The Labute approximate surface area is 74.5 Å². The highest BCUT2D eigenvalue weighted by molar-refractivity contribution is 4.99. The average molecular weight is 172 g/mol. The van der Waals surface area contributed by atoms with Gasteiger partial charge in [-0.05, 0) is 32.4 Å². The number of nitrogens with zero attached hydrogens (tertiary/aromatic N) is 1. The summed E-state index contributed by atoms with van der Waals surface area (Å²) < 4.78 is 0. The minimum absolute atomic E-state index is 0.113. The van der Waals surface area contributed by atoms with Gasteiger partial charge in [0.15, 0.2) is 0 Å². The van der Waals surface area contributed by atoms with E-state index in [1.807, 2.05) is 7.05 Å². The van der Waals surface area contributed by atoms with Crippen molar-refractivity contribution in [1.29, 1.82) is 0 Å². The predicted octanol–water partition coefficient (Wildman–Crippen LogP) is 0.0379. The molecule has 12 heavy (non-hydrogen) atoms. The first kappa shape index (κ1) is 9.96. The molecular formula is C9H20N2O. The molecule has 0 saturated heterocycles. The molecule has 0 spiro atoms. The second-order valence-electron chi connectivity index (χ2n) is 4.00. The highest BCUT2D eigenvalue weighted by atomic mass is 16.3. The minimum Gasteiger partial charge on any atom is -0.394 e. The topological polar surface area (TPSA) is 49.5 Å². The lowest BCUT2D eigenvalue weighted by Crippen LogP contribution is -2.54. The fourth-order valence-corrected chi connectivity index (χ4v) is 1.58. The Hall–Kier alpha value is -0.120. The molecule has 1 aliphatic carbocycles. The number of aliphatic hydroxyl groups is 1. The van der Waals surface area contributed by atoms with E-state index in [0.29, 0.717) is 5.92 Å². The minimum atomic E-state index is -0.342. The maximum absolute atomic E-state index is 9.19. The molecule has 0 heterocycles. The molecule has 3 N–H and O–H groups in total. The number of likely N-dealkylation sites (N-methyl/N-ethyl adjacent to an activating group) is 1. The monoisotopic (exact) mass is 172 g/mol. The van der Waals surface area contributed by atoms with Crippen LogP contribution in [0.25, 0.3) is 0 Å². The van der Waals surface area contributed by atoms with E-state index < -0.39 is 0 Å². The predicted molar refractivity (Wildman–Crippen MR) is 49.9 cm³/mol. The Morgan fingerprint density at radius 3 is 2.50 bits per heavy atom. The Morgan fingerprint density at radius 2 is 2.17 bits per heavy atom. The van der Waals surface area contributed by atoms with E-state index in [9.17, 15) is 5.11 Å². The van der Waals surface area contributed by atoms with Crippen LogP contribution in [0, 0.1) is 5.92 Å². The van der Waals surface area contributed by atoms with E-state index in [1.165, 1.54) is 12.8 Å². The number of aliphatic hydroxyl groups excluding tert-OH is 1. The smallest absolute Gasteiger partial charge is 0.0626 e. The lowest BCUT2D eigenvalue weighted by atomic mass is 9.95. The third-order valence-electron chi connectivity index (χ3n) is 2.79. The molecule has 72 valence electrons. The molecule has 1 rings (SSSR count). The van der Waals surface area contributed by atoms with Gasteiger partial charge in [-0.1, -0.05) is 6.92 Å². The van der Waals surface area contributed by atoms with Gasteiger partial charge in [0, 0.05) is 6.54 Å². The van der Waals surface area contributed by atoms with Crippen LogP contribution in [-0.2, 0) is 0 Å². The van der Waals surface area contributed by atoms with Crippen LogP contribution < -0.4 is 5.73 Å². The first-order chi connectivity index (χ1) is 5.62. The first-order valence-electron chi connectivity index (χ1n) is 4.70. The zero-order chi connectivity index (χ0) is 9.19.